The van der Waals surface area contributed by atoms with Crippen molar-refractivity contribution in [2.24, 2.45) is 40.4 Å². The SMILES string of the molecule is C=C[C@H]1[C@@H]2CC[C@@H]3C(C)(C)[C@H](O)C(=O)C[C@]3(C)[C@@H]2CC[C@@H]1C(=O)OC. The molecule has 3 aliphatic carbocycles. The molecule has 0 aliphatic heterocycles. The van der Waals surface area contributed by atoms with Crippen molar-refractivity contribution in [1.82, 2.24) is 0 Å². The lowest BCUT2D eigenvalue weighted by Crippen LogP contribution is -2.61. The van der Waals surface area contributed by atoms with Gasteiger partial charge in [-0.15, -0.1) is 6.58 Å². The third kappa shape index (κ3) is 2.59. The number of ether oxygens (including phenoxy) is 1. The number of rotatable bonds is 2. The Labute approximate surface area is 151 Å². The average Bonchev–Trinajstić information content (AvgIpc) is 2.58. The van der Waals surface area contributed by atoms with Gasteiger partial charge in [-0.1, -0.05) is 26.8 Å². The van der Waals surface area contributed by atoms with Gasteiger partial charge in [-0.3, -0.25) is 9.59 Å². The van der Waals surface area contributed by atoms with E-state index in [0.717, 1.165) is 25.7 Å². The summed E-state index contributed by atoms with van der Waals surface area (Å²) in [5.74, 6) is 0.951. The number of aliphatic hydroxyl groups is 1. The number of ketones is 1. The lowest BCUT2D eigenvalue weighted by Gasteiger charge is -2.62. The molecule has 1 N–H and O–H groups in total. The Bertz CT molecular complexity index is 580. The van der Waals surface area contributed by atoms with Crippen molar-refractivity contribution in [3.05, 3.63) is 12.7 Å². The van der Waals surface area contributed by atoms with Gasteiger partial charge in [0.05, 0.1) is 13.0 Å². The fourth-order valence-electron chi connectivity index (χ4n) is 6.81. The van der Waals surface area contributed by atoms with Crippen molar-refractivity contribution in [3.63, 3.8) is 0 Å². The highest BCUT2D eigenvalue weighted by Crippen LogP contribution is 2.64. The van der Waals surface area contributed by atoms with E-state index in [4.69, 9.17) is 4.74 Å². The zero-order chi connectivity index (χ0) is 18.6. The van der Waals surface area contributed by atoms with Crippen molar-refractivity contribution in [3.8, 4) is 0 Å². The summed E-state index contributed by atoms with van der Waals surface area (Å²) in [5.41, 5.74) is -0.497. The first-order valence-electron chi connectivity index (χ1n) is 9.59. The van der Waals surface area contributed by atoms with Crippen LogP contribution in [0.2, 0.25) is 0 Å². The number of hydrogen-bond donors (Lipinski definition) is 1. The minimum atomic E-state index is -0.858. The van der Waals surface area contributed by atoms with Crippen LogP contribution in [0, 0.1) is 40.4 Å². The molecule has 7 atom stereocenters. The van der Waals surface area contributed by atoms with Crippen molar-refractivity contribution < 1.29 is 19.4 Å². The number of methoxy groups -OCH3 is 1. The average molecular weight is 348 g/mol. The Kier molecular flexibility index (Phi) is 4.64. The maximum atomic E-state index is 12.6. The lowest BCUT2D eigenvalue weighted by atomic mass is 9.42. The van der Waals surface area contributed by atoms with Crippen LogP contribution in [0.15, 0.2) is 12.7 Å². The number of Topliss-reactive ketones (excluding diaryl/α,β-unsaturated/α-hetero) is 1. The first kappa shape index (κ1) is 18.6. The predicted molar refractivity (Wildman–Crippen MR) is 95.6 cm³/mol. The molecule has 3 aliphatic rings. The van der Waals surface area contributed by atoms with E-state index >= 15 is 0 Å². The molecule has 0 heterocycles. The molecule has 0 aromatic carbocycles. The second kappa shape index (κ2) is 6.22. The number of allylic oxidation sites excluding steroid dienone is 1. The van der Waals surface area contributed by atoms with Gasteiger partial charge < -0.3 is 9.84 Å². The Hall–Kier alpha value is -1.16. The van der Waals surface area contributed by atoms with Gasteiger partial charge >= 0.3 is 5.97 Å². The van der Waals surface area contributed by atoms with E-state index in [1.807, 2.05) is 19.9 Å². The molecule has 0 unspecified atom stereocenters. The zero-order valence-electron chi connectivity index (χ0n) is 16.0. The number of esters is 1. The topological polar surface area (TPSA) is 63.6 Å². The van der Waals surface area contributed by atoms with Gasteiger partial charge in [0.25, 0.3) is 0 Å². The molecule has 0 radical (unpaired) electrons. The molecular formula is C21H32O4. The van der Waals surface area contributed by atoms with Gasteiger partial charge in [-0.25, -0.2) is 0 Å². The Morgan fingerprint density at radius 2 is 1.92 bits per heavy atom. The molecule has 0 aromatic heterocycles. The molecule has 3 saturated carbocycles. The van der Waals surface area contributed by atoms with E-state index in [1.165, 1.54) is 7.11 Å². The van der Waals surface area contributed by atoms with Crippen molar-refractivity contribution in [1.29, 1.82) is 0 Å². The first-order valence-corrected chi connectivity index (χ1v) is 9.59. The summed E-state index contributed by atoms with van der Waals surface area (Å²) >= 11 is 0. The number of hydrogen-bond acceptors (Lipinski definition) is 4. The van der Waals surface area contributed by atoms with Crippen LogP contribution in [0.1, 0.15) is 52.9 Å². The molecule has 3 rings (SSSR count). The van der Waals surface area contributed by atoms with Gasteiger partial charge in [-0.2, -0.15) is 0 Å². The van der Waals surface area contributed by atoms with Gasteiger partial charge in [-0.05, 0) is 54.8 Å². The fraction of sp³-hybridized carbons (Fsp3) is 0.810. The van der Waals surface area contributed by atoms with Gasteiger partial charge in [0, 0.05) is 11.8 Å². The Balaban J connectivity index is 1.95. The van der Waals surface area contributed by atoms with Crippen LogP contribution < -0.4 is 0 Å². The van der Waals surface area contributed by atoms with E-state index in [9.17, 15) is 14.7 Å². The van der Waals surface area contributed by atoms with Crippen molar-refractivity contribution in [2.45, 2.75) is 59.0 Å². The lowest BCUT2D eigenvalue weighted by molar-refractivity contribution is -0.182. The predicted octanol–water partition coefficient (Wildman–Crippen LogP) is 3.38. The van der Waals surface area contributed by atoms with Gasteiger partial charge in [0.15, 0.2) is 5.78 Å². The van der Waals surface area contributed by atoms with Crippen LogP contribution in [-0.2, 0) is 14.3 Å². The third-order valence-electron chi connectivity index (χ3n) is 7.94. The zero-order valence-corrected chi connectivity index (χ0v) is 16.0. The largest absolute Gasteiger partial charge is 0.469 e. The van der Waals surface area contributed by atoms with E-state index < -0.39 is 11.5 Å². The molecule has 4 heteroatoms. The Morgan fingerprint density at radius 3 is 2.52 bits per heavy atom. The molecule has 140 valence electrons. The van der Waals surface area contributed by atoms with Crippen LogP contribution in [-0.4, -0.2) is 30.1 Å². The summed E-state index contributed by atoms with van der Waals surface area (Å²) in [4.78, 5) is 24.8. The highest BCUT2D eigenvalue weighted by molar-refractivity contribution is 5.85. The summed E-state index contributed by atoms with van der Waals surface area (Å²) in [7, 11) is 1.45. The molecule has 0 spiro atoms. The van der Waals surface area contributed by atoms with E-state index in [-0.39, 0.29) is 29.0 Å². The maximum Gasteiger partial charge on any atom is 0.309 e. The maximum absolute atomic E-state index is 12.6. The monoisotopic (exact) mass is 348 g/mol. The molecule has 0 saturated heterocycles. The van der Waals surface area contributed by atoms with Gasteiger partial charge in [0.2, 0.25) is 0 Å². The summed E-state index contributed by atoms with van der Waals surface area (Å²) in [6.45, 7) is 10.3. The molecule has 25 heavy (non-hydrogen) atoms. The molecule has 0 aromatic rings. The van der Waals surface area contributed by atoms with Crippen LogP contribution in [0.3, 0.4) is 0 Å². The van der Waals surface area contributed by atoms with Crippen LogP contribution in [0.4, 0.5) is 0 Å². The summed E-state index contributed by atoms with van der Waals surface area (Å²) in [5, 5.41) is 10.5. The van der Waals surface area contributed by atoms with Crippen molar-refractivity contribution >= 4 is 11.8 Å². The molecule has 3 fully saturated rings. The minimum Gasteiger partial charge on any atom is -0.469 e. The molecule has 0 bridgehead atoms. The minimum absolute atomic E-state index is 0.0188. The number of carbonyl (C=O) groups is 2. The van der Waals surface area contributed by atoms with Gasteiger partial charge in [0.1, 0.15) is 6.10 Å². The quantitative estimate of drug-likeness (QED) is 0.614. The van der Waals surface area contributed by atoms with E-state index in [0.29, 0.717) is 24.2 Å². The summed E-state index contributed by atoms with van der Waals surface area (Å²) in [6, 6.07) is 0. The normalized spacial score (nSPS) is 45.9. The number of carbonyl (C=O) groups excluding carboxylic acids is 2. The van der Waals surface area contributed by atoms with E-state index in [1.54, 1.807) is 0 Å². The van der Waals surface area contributed by atoms with Crippen LogP contribution in [0.5, 0.6) is 0 Å². The van der Waals surface area contributed by atoms with Crippen molar-refractivity contribution in [2.75, 3.05) is 7.11 Å². The second-order valence-electron chi connectivity index (χ2n) is 9.29. The highest BCUT2D eigenvalue weighted by Gasteiger charge is 2.62. The number of fused-ring (bicyclic) bond motifs is 3. The Morgan fingerprint density at radius 1 is 1.24 bits per heavy atom. The van der Waals surface area contributed by atoms with Crippen LogP contribution >= 0.6 is 0 Å². The molecule has 4 nitrogen and oxygen atoms in total. The number of aliphatic hydroxyl groups excluding tert-OH is 1. The first-order chi connectivity index (χ1) is 11.7. The second-order valence-corrected chi connectivity index (χ2v) is 9.29. The third-order valence-corrected chi connectivity index (χ3v) is 7.94. The molecular weight excluding hydrogens is 316 g/mol. The van der Waals surface area contributed by atoms with Crippen LogP contribution in [0.25, 0.3) is 0 Å². The summed E-state index contributed by atoms with van der Waals surface area (Å²) < 4.78 is 5.02. The standard InChI is InChI=1S/C21H32O4/c1-6-12-13-8-10-17-20(2,3)18(23)16(22)11-21(17,4)15(13)9-7-14(12)19(24)25-5/h6,12-15,17-18,23H,1,7-11H2,2-5H3/t12-,13-,14-,15+,17+,18+,21+/m0/s1. The highest BCUT2D eigenvalue weighted by atomic mass is 16.5. The summed E-state index contributed by atoms with van der Waals surface area (Å²) in [6.07, 6.45) is 5.30. The fourth-order valence-corrected chi connectivity index (χ4v) is 6.81. The molecule has 0 amide bonds. The smallest absolute Gasteiger partial charge is 0.309 e. The van der Waals surface area contributed by atoms with E-state index in [2.05, 4.69) is 13.5 Å².